The van der Waals surface area contributed by atoms with E-state index in [-0.39, 0.29) is 5.82 Å². The van der Waals surface area contributed by atoms with Crippen LogP contribution < -0.4 is 5.32 Å². The van der Waals surface area contributed by atoms with Gasteiger partial charge < -0.3 is 10.2 Å². The first-order valence-corrected chi connectivity index (χ1v) is 7.12. The molecule has 0 amide bonds. The van der Waals surface area contributed by atoms with Crippen molar-refractivity contribution < 1.29 is 4.39 Å². The average molecular weight is 317 g/mol. The van der Waals surface area contributed by atoms with Gasteiger partial charge in [0.05, 0.1) is 0 Å². The Morgan fingerprint density at radius 3 is 2.72 bits per heavy atom. The van der Waals surface area contributed by atoms with E-state index in [4.69, 9.17) is 0 Å². The summed E-state index contributed by atoms with van der Waals surface area (Å²) in [6.45, 7) is 7.86. The van der Waals surface area contributed by atoms with Gasteiger partial charge in [-0.25, -0.2) is 4.39 Å². The normalized spacial score (nSPS) is 11.5. The summed E-state index contributed by atoms with van der Waals surface area (Å²) in [4.78, 5) is 2.12. The highest BCUT2D eigenvalue weighted by Crippen LogP contribution is 2.20. The lowest BCUT2D eigenvalue weighted by Gasteiger charge is -2.18. The lowest BCUT2D eigenvalue weighted by atomic mass is 10.2. The molecule has 1 aromatic rings. The summed E-state index contributed by atoms with van der Waals surface area (Å²) >= 11 is 3.39. The van der Waals surface area contributed by atoms with Crippen LogP contribution in [0.4, 0.5) is 4.39 Å². The van der Waals surface area contributed by atoms with Gasteiger partial charge in [0.25, 0.3) is 0 Å². The molecule has 1 rings (SSSR count). The van der Waals surface area contributed by atoms with Crippen molar-refractivity contribution in [1.29, 1.82) is 0 Å². The van der Waals surface area contributed by atoms with Crippen LogP contribution in [-0.2, 0) is 6.54 Å². The minimum Gasteiger partial charge on any atom is -0.315 e. The Kier molecular flexibility index (Phi) is 6.82. The Labute approximate surface area is 118 Å². The van der Waals surface area contributed by atoms with Crippen molar-refractivity contribution in [2.24, 2.45) is 5.92 Å². The quantitative estimate of drug-likeness (QED) is 0.777. The zero-order chi connectivity index (χ0) is 13.5. The van der Waals surface area contributed by atoms with Crippen LogP contribution in [0.25, 0.3) is 0 Å². The maximum atomic E-state index is 13.6. The predicted molar refractivity (Wildman–Crippen MR) is 78.1 cm³/mol. The van der Waals surface area contributed by atoms with Crippen molar-refractivity contribution in [3.8, 4) is 0 Å². The summed E-state index contributed by atoms with van der Waals surface area (Å²) in [6, 6.07) is 5.10. The number of nitrogens with one attached hydrogen (secondary N) is 1. The molecule has 0 saturated carbocycles. The number of halogens is 2. The van der Waals surface area contributed by atoms with Crippen LogP contribution in [0, 0.1) is 11.7 Å². The van der Waals surface area contributed by atoms with Crippen LogP contribution >= 0.6 is 15.9 Å². The van der Waals surface area contributed by atoms with Crippen LogP contribution in [0.2, 0.25) is 0 Å². The number of nitrogens with zero attached hydrogens (tertiary/aromatic N) is 1. The smallest absolute Gasteiger partial charge is 0.128 e. The second-order valence-corrected chi connectivity index (χ2v) is 5.89. The molecular formula is C14H22BrFN2. The van der Waals surface area contributed by atoms with Crippen molar-refractivity contribution in [2.75, 3.05) is 26.7 Å². The summed E-state index contributed by atoms with van der Waals surface area (Å²) in [6.07, 6.45) is 0. The van der Waals surface area contributed by atoms with Gasteiger partial charge in [-0.15, -0.1) is 0 Å². The molecule has 0 aromatic heterocycles. The Morgan fingerprint density at radius 2 is 2.11 bits per heavy atom. The fraction of sp³-hybridized carbons (Fsp3) is 0.571. The van der Waals surface area contributed by atoms with Crippen molar-refractivity contribution in [3.63, 3.8) is 0 Å². The van der Waals surface area contributed by atoms with Crippen molar-refractivity contribution in [1.82, 2.24) is 10.2 Å². The summed E-state index contributed by atoms with van der Waals surface area (Å²) in [5, 5.41) is 3.38. The summed E-state index contributed by atoms with van der Waals surface area (Å²) in [5.41, 5.74) is 0.726. The molecule has 0 unspecified atom stereocenters. The minimum atomic E-state index is -0.147. The Bertz CT molecular complexity index is 349. The Hall–Kier alpha value is -0.450. The first kappa shape index (κ1) is 15.6. The van der Waals surface area contributed by atoms with Gasteiger partial charge in [-0.3, -0.25) is 0 Å². The molecule has 0 spiro atoms. The second-order valence-electron chi connectivity index (χ2n) is 5.04. The third kappa shape index (κ3) is 5.46. The molecule has 0 aliphatic rings. The summed E-state index contributed by atoms with van der Waals surface area (Å²) < 4.78 is 14.5. The minimum absolute atomic E-state index is 0.147. The van der Waals surface area contributed by atoms with Gasteiger partial charge >= 0.3 is 0 Å². The number of benzene rings is 1. The van der Waals surface area contributed by atoms with E-state index in [1.165, 1.54) is 6.07 Å². The lowest BCUT2D eigenvalue weighted by Crippen LogP contribution is -2.31. The van der Waals surface area contributed by atoms with Crippen LogP contribution in [0.1, 0.15) is 19.4 Å². The molecule has 1 N–H and O–H groups in total. The monoisotopic (exact) mass is 316 g/mol. The van der Waals surface area contributed by atoms with E-state index in [0.29, 0.717) is 12.5 Å². The maximum absolute atomic E-state index is 13.6. The fourth-order valence-electron chi connectivity index (χ4n) is 1.69. The zero-order valence-corrected chi connectivity index (χ0v) is 12.9. The molecule has 0 fully saturated rings. The third-order valence-corrected chi connectivity index (χ3v) is 3.46. The molecule has 0 aliphatic heterocycles. The average Bonchev–Trinajstić information content (AvgIpc) is 2.29. The molecule has 0 heterocycles. The molecule has 0 radical (unpaired) electrons. The van der Waals surface area contributed by atoms with Gasteiger partial charge in [-0.05, 0) is 31.6 Å². The standard InChI is InChI=1S/C14H22BrFN2/c1-11(2)9-17-7-8-18(3)10-12-13(15)5-4-6-14(12)16/h4-6,11,17H,7-10H2,1-3H3. The number of likely N-dealkylation sites (N-methyl/N-ethyl adjacent to an activating group) is 1. The van der Waals surface area contributed by atoms with Crippen molar-refractivity contribution in [2.45, 2.75) is 20.4 Å². The Balaban J connectivity index is 2.38. The fourth-order valence-corrected chi connectivity index (χ4v) is 2.16. The molecule has 0 saturated heterocycles. The molecular weight excluding hydrogens is 295 g/mol. The second kappa shape index (κ2) is 7.87. The van der Waals surface area contributed by atoms with Gasteiger partial charge in [0.1, 0.15) is 5.82 Å². The lowest BCUT2D eigenvalue weighted by molar-refractivity contribution is 0.316. The van der Waals surface area contributed by atoms with Gasteiger partial charge in [-0.2, -0.15) is 0 Å². The SMILES string of the molecule is CC(C)CNCCN(C)Cc1c(F)cccc1Br. The first-order valence-electron chi connectivity index (χ1n) is 6.33. The van der Waals surface area contributed by atoms with Crippen molar-refractivity contribution >= 4 is 15.9 Å². The molecule has 0 aliphatic carbocycles. The maximum Gasteiger partial charge on any atom is 0.128 e. The molecule has 0 bridgehead atoms. The topological polar surface area (TPSA) is 15.3 Å². The molecule has 18 heavy (non-hydrogen) atoms. The molecule has 2 nitrogen and oxygen atoms in total. The summed E-state index contributed by atoms with van der Waals surface area (Å²) in [5.74, 6) is 0.516. The van der Waals surface area contributed by atoms with Crippen LogP contribution in [0.15, 0.2) is 22.7 Å². The highest BCUT2D eigenvalue weighted by atomic mass is 79.9. The van der Waals surface area contributed by atoms with Crippen LogP contribution in [0.5, 0.6) is 0 Å². The zero-order valence-electron chi connectivity index (χ0n) is 11.3. The number of rotatable bonds is 7. The number of hydrogen-bond acceptors (Lipinski definition) is 2. The predicted octanol–water partition coefficient (Wildman–Crippen LogP) is 3.27. The van der Waals surface area contributed by atoms with Gasteiger partial charge in [0, 0.05) is 29.7 Å². The van der Waals surface area contributed by atoms with Crippen LogP contribution in [0.3, 0.4) is 0 Å². The highest BCUT2D eigenvalue weighted by molar-refractivity contribution is 9.10. The van der Waals surface area contributed by atoms with E-state index >= 15 is 0 Å². The Morgan fingerprint density at radius 1 is 1.39 bits per heavy atom. The van der Waals surface area contributed by atoms with E-state index in [1.807, 2.05) is 13.1 Å². The van der Waals surface area contributed by atoms with E-state index in [9.17, 15) is 4.39 Å². The largest absolute Gasteiger partial charge is 0.315 e. The molecule has 0 atom stereocenters. The van der Waals surface area contributed by atoms with E-state index in [1.54, 1.807) is 6.07 Å². The van der Waals surface area contributed by atoms with E-state index in [0.717, 1.165) is 29.7 Å². The van der Waals surface area contributed by atoms with Gasteiger partial charge in [-0.1, -0.05) is 35.8 Å². The first-order chi connectivity index (χ1) is 8.50. The highest BCUT2D eigenvalue weighted by Gasteiger charge is 2.09. The summed E-state index contributed by atoms with van der Waals surface area (Å²) in [7, 11) is 2.01. The van der Waals surface area contributed by atoms with Crippen molar-refractivity contribution in [3.05, 3.63) is 34.1 Å². The third-order valence-electron chi connectivity index (χ3n) is 2.71. The van der Waals surface area contributed by atoms with Gasteiger partial charge in [0.2, 0.25) is 0 Å². The molecule has 4 heteroatoms. The van der Waals surface area contributed by atoms with E-state index < -0.39 is 0 Å². The number of hydrogen-bond donors (Lipinski definition) is 1. The van der Waals surface area contributed by atoms with E-state index in [2.05, 4.69) is 40.0 Å². The van der Waals surface area contributed by atoms with Crippen LogP contribution in [-0.4, -0.2) is 31.6 Å². The molecule has 102 valence electrons. The molecule has 1 aromatic carbocycles. The van der Waals surface area contributed by atoms with Gasteiger partial charge in [0.15, 0.2) is 0 Å².